The molecule has 5 rings (SSSR count). The predicted molar refractivity (Wildman–Crippen MR) is 120 cm³/mol. The third kappa shape index (κ3) is 4.66. The highest BCUT2D eigenvalue weighted by Crippen LogP contribution is 2.31. The van der Waals surface area contributed by atoms with Crippen LogP contribution in [0, 0.1) is 5.82 Å². The molecule has 0 amide bonds. The number of nitrogens with one attached hydrogen (secondary N) is 2. The molecule has 0 aliphatic carbocycles. The fourth-order valence-corrected chi connectivity index (χ4v) is 5.45. The van der Waals surface area contributed by atoms with Crippen LogP contribution >= 0.6 is 11.8 Å². The van der Waals surface area contributed by atoms with E-state index in [-0.39, 0.29) is 5.82 Å². The Morgan fingerprint density at radius 1 is 1.13 bits per heavy atom. The first kappa shape index (κ1) is 20.3. The van der Waals surface area contributed by atoms with Crippen molar-refractivity contribution in [3.63, 3.8) is 0 Å². The van der Waals surface area contributed by atoms with Crippen molar-refractivity contribution >= 4 is 33.4 Å². The van der Waals surface area contributed by atoms with Crippen LogP contribution in [0.2, 0.25) is 0 Å². The maximum Gasteiger partial charge on any atom is 0.126 e. The lowest BCUT2D eigenvalue weighted by Crippen LogP contribution is -2.37. The summed E-state index contributed by atoms with van der Waals surface area (Å²) in [6.45, 7) is 6.30. The number of hydrogen-bond donors (Lipinski definition) is 2. The number of rotatable bonds is 6. The van der Waals surface area contributed by atoms with Gasteiger partial charge < -0.3 is 19.8 Å². The zero-order valence-electron chi connectivity index (χ0n) is 17.2. The van der Waals surface area contributed by atoms with E-state index in [9.17, 15) is 4.39 Å². The van der Waals surface area contributed by atoms with E-state index in [0.29, 0.717) is 12.1 Å². The van der Waals surface area contributed by atoms with Crippen LogP contribution in [0.3, 0.4) is 0 Å². The predicted octanol–water partition coefficient (Wildman–Crippen LogP) is 3.48. The Morgan fingerprint density at radius 3 is 2.77 bits per heavy atom. The number of halogens is 1. The van der Waals surface area contributed by atoms with E-state index in [1.807, 2.05) is 6.07 Å². The van der Waals surface area contributed by atoms with Crippen molar-refractivity contribution in [3.05, 3.63) is 29.7 Å². The van der Waals surface area contributed by atoms with Gasteiger partial charge in [0.05, 0.1) is 36.2 Å². The van der Waals surface area contributed by atoms with E-state index in [4.69, 9.17) is 14.5 Å². The van der Waals surface area contributed by atoms with Gasteiger partial charge in [0.1, 0.15) is 10.9 Å². The molecule has 2 saturated heterocycles. The lowest BCUT2D eigenvalue weighted by Gasteiger charge is -2.26. The lowest BCUT2D eigenvalue weighted by molar-refractivity contribution is 0.0369. The van der Waals surface area contributed by atoms with Crippen LogP contribution < -0.4 is 5.32 Å². The molecule has 0 spiro atoms. The van der Waals surface area contributed by atoms with E-state index in [1.54, 1.807) is 23.9 Å². The molecule has 3 aliphatic heterocycles. The van der Waals surface area contributed by atoms with Gasteiger partial charge in [-0.3, -0.25) is 9.89 Å². The Kier molecular flexibility index (Phi) is 6.27. The molecule has 3 aliphatic rings. The molecule has 0 bridgehead atoms. The van der Waals surface area contributed by atoms with Gasteiger partial charge in [0.25, 0.3) is 0 Å². The van der Waals surface area contributed by atoms with Crippen LogP contribution in [-0.2, 0) is 9.47 Å². The summed E-state index contributed by atoms with van der Waals surface area (Å²) in [6, 6.07) is 5.88. The van der Waals surface area contributed by atoms with Gasteiger partial charge in [-0.1, -0.05) is 0 Å². The number of hydrogen-bond acceptors (Lipinski definition) is 6. The second-order valence-electron chi connectivity index (χ2n) is 8.27. The molecule has 1 aromatic heterocycles. The summed E-state index contributed by atoms with van der Waals surface area (Å²) >= 11 is 1.80. The molecule has 2 aromatic rings. The number of H-pyrrole nitrogens is 1. The number of aromatic amines is 1. The van der Waals surface area contributed by atoms with E-state index in [2.05, 4.69) is 15.2 Å². The maximum absolute atomic E-state index is 14.2. The van der Waals surface area contributed by atoms with Gasteiger partial charge in [0, 0.05) is 50.0 Å². The molecular weight excluding hydrogens is 403 g/mol. The van der Waals surface area contributed by atoms with Crippen LogP contribution in [0.1, 0.15) is 25.0 Å². The highest BCUT2D eigenvalue weighted by molar-refractivity contribution is 8.14. The van der Waals surface area contributed by atoms with Crippen molar-refractivity contribution in [2.24, 2.45) is 4.99 Å². The second kappa shape index (κ2) is 9.26. The summed E-state index contributed by atoms with van der Waals surface area (Å²) in [5.41, 5.74) is 2.78. The number of anilines is 1. The van der Waals surface area contributed by atoms with Crippen LogP contribution in [0.5, 0.6) is 0 Å². The molecule has 30 heavy (non-hydrogen) atoms. The molecule has 8 heteroatoms. The number of morpholine rings is 1. The summed E-state index contributed by atoms with van der Waals surface area (Å²) in [7, 11) is 0. The van der Waals surface area contributed by atoms with Crippen LogP contribution in [0.25, 0.3) is 10.9 Å². The first-order chi connectivity index (χ1) is 14.7. The number of thioether (sulfide) groups is 1. The van der Waals surface area contributed by atoms with E-state index in [0.717, 1.165) is 98.4 Å². The zero-order valence-corrected chi connectivity index (χ0v) is 18.0. The van der Waals surface area contributed by atoms with Crippen molar-refractivity contribution in [2.75, 3.05) is 57.1 Å². The summed E-state index contributed by atoms with van der Waals surface area (Å²) in [6.07, 6.45) is 2.96. The number of aromatic nitrogens is 1. The molecule has 2 N–H and O–H groups in total. The Morgan fingerprint density at radius 2 is 1.93 bits per heavy atom. The smallest absolute Gasteiger partial charge is 0.126 e. The molecule has 6 nitrogen and oxygen atoms in total. The van der Waals surface area contributed by atoms with E-state index < -0.39 is 0 Å². The first-order valence-electron chi connectivity index (χ1n) is 10.9. The highest BCUT2D eigenvalue weighted by Gasteiger charge is 2.23. The Labute approximate surface area is 180 Å². The topological polar surface area (TPSA) is 61.9 Å². The van der Waals surface area contributed by atoms with Gasteiger partial charge in [0.2, 0.25) is 0 Å². The van der Waals surface area contributed by atoms with Crippen molar-refractivity contribution < 1.29 is 13.9 Å². The van der Waals surface area contributed by atoms with Crippen LogP contribution in [0.15, 0.2) is 23.2 Å². The van der Waals surface area contributed by atoms with Gasteiger partial charge in [-0.25, -0.2) is 4.39 Å². The highest BCUT2D eigenvalue weighted by atomic mass is 32.2. The van der Waals surface area contributed by atoms with E-state index in [1.165, 1.54) is 0 Å². The first-order valence-corrected chi connectivity index (χ1v) is 11.9. The Balaban J connectivity index is 1.30. The maximum atomic E-state index is 14.2. The molecular formula is C22H29FN4O2S. The minimum Gasteiger partial charge on any atom is -0.381 e. The van der Waals surface area contributed by atoms with E-state index >= 15 is 0 Å². The molecule has 1 aromatic carbocycles. The molecule has 2 fully saturated rings. The monoisotopic (exact) mass is 432 g/mol. The number of aliphatic imine (C=N–C) groups is 1. The molecule has 1 atom stereocenters. The SMILES string of the molecule is Fc1cc(NC2CCOCC2)c2[nH]c(C3=NC(CCN4CCOCC4)CS3)cc2c1. The molecule has 1 unspecified atom stereocenters. The lowest BCUT2D eigenvalue weighted by atomic mass is 10.1. The quantitative estimate of drug-likeness (QED) is 0.732. The van der Waals surface area contributed by atoms with Gasteiger partial charge in [-0.2, -0.15) is 0 Å². The van der Waals surface area contributed by atoms with Crippen LogP contribution in [-0.4, -0.2) is 78.8 Å². The molecule has 4 heterocycles. The van der Waals surface area contributed by atoms with Gasteiger partial charge in [0.15, 0.2) is 0 Å². The number of benzene rings is 1. The zero-order chi connectivity index (χ0) is 20.3. The van der Waals surface area contributed by atoms with Crippen molar-refractivity contribution in [1.29, 1.82) is 0 Å². The average molecular weight is 433 g/mol. The van der Waals surface area contributed by atoms with Gasteiger partial charge in [-0.15, -0.1) is 11.8 Å². The number of fused-ring (bicyclic) bond motifs is 1. The normalized spacial score (nSPS) is 23.8. The number of ether oxygens (including phenoxy) is 2. The molecule has 0 radical (unpaired) electrons. The summed E-state index contributed by atoms with van der Waals surface area (Å²) in [4.78, 5) is 10.9. The Hall–Kier alpha value is -1.61. The molecule has 0 saturated carbocycles. The van der Waals surface area contributed by atoms with Crippen molar-refractivity contribution in [1.82, 2.24) is 9.88 Å². The van der Waals surface area contributed by atoms with Gasteiger partial charge in [-0.05, 0) is 37.5 Å². The fraction of sp³-hybridized carbons (Fsp3) is 0.591. The minimum atomic E-state index is -0.216. The third-order valence-corrected chi connectivity index (χ3v) is 7.25. The van der Waals surface area contributed by atoms with Crippen molar-refractivity contribution in [2.45, 2.75) is 31.3 Å². The Bertz CT molecular complexity index is 906. The average Bonchev–Trinajstić information content (AvgIpc) is 3.41. The standard InChI is InChI=1S/C22H29FN4O2S/c23-16-11-15-12-20(26-21(15)19(13-16)24-17-2-7-28-8-3-17)22-25-18(14-30-22)1-4-27-5-9-29-10-6-27/h11-13,17-18,24,26H,1-10,14H2. The second-order valence-corrected chi connectivity index (χ2v) is 9.28. The summed E-state index contributed by atoms with van der Waals surface area (Å²) < 4.78 is 25.1. The summed E-state index contributed by atoms with van der Waals surface area (Å²) in [5.74, 6) is 0.795. The van der Waals surface area contributed by atoms with Crippen molar-refractivity contribution in [3.8, 4) is 0 Å². The fourth-order valence-electron chi connectivity index (χ4n) is 4.37. The number of nitrogens with zero attached hydrogens (tertiary/aromatic N) is 2. The van der Waals surface area contributed by atoms with Gasteiger partial charge >= 0.3 is 0 Å². The molecule has 162 valence electrons. The largest absolute Gasteiger partial charge is 0.381 e. The summed E-state index contributed by atoms with van der Waals surface area (Å²) in [5, 5.41) is 5.45. The minimum absolute atomic E-state index is 0.216. The van der Waals surface area contributed by atoms with Crippen LogP contribution in [0.4, 0.5) is 10.1 Å². The third-order valence-electron chi connectivity index (χ3n) is 6.10.